The summed E-state index contributed by atoms with van der Waals surface area (Å²) in [5, 5.41) is 1.04. The summed E-state index contributed by atoms with van der Waals surface area (Å²) in [6.07, 6.45) is 3.98. The van der Waals surface area contributed by atoms with E-state index in [-0.39, 0.29) is 0 Å². The fraction of sp³-hybridized carbons (Fsp3) is 1.00. The molecular weight excluding hydrogens is 669 g/mol. The van der Waals surface area contributed by atoms with Gasteiger partial charge < -0.3 is 5.11 Å². The molecule has 2 N–H and O–H groups in total. The Morgan fingerprint density at radius 2 is 0.791 bits per heavy atom. The Bertz CT molecular complexity index is 928. The van der Waals surface area contributed by atoms with Crippen molar-refractivity contribution in [1.29, 1.82) is 0 Å². The Kier molecular flexibility index (Phi) is 15.6. The van der Waals surface area contributed by atoms with Crippen molar-refractivity contribution in [2.45, 2.75) is 119 Å². The predicted molar refractivity (Wildman–Crippen MR) is 118 cm³/mol. The summed E-state index contributed by atoms with van der Waals surface area (Å²) in [5.74, 6) is -51.4. The lowest BCUT2D eigenvalue weighted by atomic mass is 9.91. The zero-order chi connectivity index (χ0) is 35.0. The van der Waals surface area contributed by atoms with Gasteiger partial charge in [0.15, 0.2) is 0 Å². The van der Waals surface area contributed by atoms with Gasteiger partial charge in [-0.05, 0) is 6.42 Å². The smallest absolute Gasteiger partial charge is 0.396 e. The molecule has 0 radical (unpaired) electrons. The van der Waals surface area contributed by atoms with Gasteiger partial charge in [0.2, 0.25) is 0 Å². The molecule has 4 nitrogen and oxygen atoms in total. The Labute approximate surface area is 235 Å². The van der Waals surface area contributed by atoms with Gasteiger partial charge in [-0.2, -0.15) is 74.6 Å². The number of rotatable bonds is 18. The van der Waals surface area contributed by atoms with Crippen molar-refractivity contribution in [1.82, 2.24) is 4.72 Å². The van der Waals surface area contributed by atoms with Crippen molar-refractivity contribution >= 4 is 10.0 Å². The van der Waals surface area contributed by atoms with Gasteiger partial charge in [0, 0.05) is 13.2 Å². The molecule has 0 saturated carbocycles. The van der Waals surface area contributed by atoms with E-state index in [9.17, 15) is 83.1 Å². The van der Waals surface area contributed by atoms with Gasteiger partial charge >= 0.3 is 47.0 Å². The minimum absolute atomic E-state index is 0.365. The number of aliphatic hydroxyl groups excluding tert-OH is 1. The van der Waals surface area contributed by atoms with Crippen LogP contribution in [0.2, 0.25) is 0 Å². The molecule has 22 heteroatoms. The summed E-state index contributed by atoms with van der Waals surface area (Å²) in [4.78, 5) is 0. The second-order valence-corrected chi connectivity index (χ2v) is 10.8. The number of hydrogen-bond donors (Lipinski definition) is 2. The summed E-state index contributed by atoms with van der Waals surface area (Å²) in [5.41, 5.74) is 0. The normalized spacial score (nSPS) is 14.9. The number of alkyl halides is 17. The maximum Gasteiger partial charge on any atom is 0.460 e. The second-order valence-electron chi connectivity index (χ2n) is 9.01. The van der Waals surface area contributed by atoms with Gasteiger partial charge in [-0.15, -0.1) is 0 Å². The lowest BCUT2D eigenvalue weighted by molar-refractivity contribution is -0.458. The van der Waals surface area contributed by atoms with E-state index in [0.29, 0.717) is 18.3 Å². The molecule has 43 heavy (non-hydrogen) atoms. The highest BCUT2D eigenvalue weighted by molar-refractivity contribution is 7.90. The van der Waals surface area contributed by atoms with Crippen molar-refractivity contribution in [3.05, 3.63) is 0 Å². The number of sulfonamides is 1. The third-order valence-electron chi connectivity index (χ3n) is 5.63. The molecule has 0 fully saturated rings. The third kappa shape index (κ3) is 8.69. The first-order chi connectivity index (χ1) is 19.0. The highest BCUT2D eigenvalue weighted by Gasteiger charge is 2.96. The zero-order valence-electron chi connectivity index (χ0n) is 22.4. The van der Waals surface area contributed by atoms with E-state index in [1.807, 2.05) is 0 Å². The monoisotopic (exact) mass is 699 g/mol. The molecule has 0 aromatic rings. The van der Waals surface area contributed by atoms with Crippen LogP contribution in [0.5, 0.6) is 0 Å². The van der Waals surface area contributed by atoms with Crippen LogP contribution in [0.4, 0.5) is 74.6 Å². The maximum absolute atomic E-state index is 13.4. The minimum atomic E-state index is -8.81. The van der Waals surface area contributed by atoms with Crippen LogP contribution in [-0.4, -0.2) is 73.6 Å². The van der Waals surface area contributed by atoms with Gasteiger partial charge in [0.1, 0.15) is 0 Å². The van der Waals surface area contributed by atoms with E-state index in [1.54, 1.807) is 0 Å². The Morgan fingerprint density at radius 1 is 0.488 bits per heavy atom. The van der Waals surface area contributed by atoms with Gasteiger partial charge in [0.05, 0.1) is 0 Å². The SMILES string of the molecule is CCCCCCCCCCCO.CCNS(=O)(=O)C(F)(F)C(F)(F)C(F)(F)C(F)(F)C(F)(F)C(F)(F)C(F)(F)C(F)(F)F. The van der Waals surface area contributed by atoms with Crippen LogP contribution >= 0.6 is 0 Å². The molecule has 0 unspecified atom stereocenters. The number of hydrogen-bond acceptors (Lipinski definition) is 3. The molecule has 0 aliphatic heterocycles. The number of halogens is 17. The summed E-state index contributed by atoms with van der Waals surface area (Å²) in [6, 6.07) is 0. The number of unbranched alkanes of at least 4 members (excludes halogenated alkanes) is 8. The van der Waals surface area contributed by atoms with Crippen LogP contribution < -0.4 is 4.72 Å². The van der Waals surface area contributed by atoms with E-state index in [4.69, 9.17) is 5.11 Å². The summed E-state index contributed by atoms with van der Waals surface area (Å²) in [7, 11) is -7.15. The molecule has 0 amide bonds. The summed E-state index contributed by atoms with van der Waals surface area (Å²) < 4.78 is 242. The Hall–Kier alpha value is -1.32. The Balaban J connectivity index is 0. The molecule has 0 aliphatic rings. The molecule has 0 saturated heterocycles. The highest BCUT2D eigenvalue weighted by atomic mass is 32.2. The zero-order valence-corrected chi connectivity index (χ0v) is 23.2. The molecule has 0 atom stereocenters. The second kappa shape index (κ2) is 15.3. The molecule has 0 aliphatic carbocycles. The summed E-state index contributed by atoms with van der Waals surface area (Å²) in [6.45, 7) is 1.81. The van der Waals surface area contributed by atoms with Crippen LogP contribution in [-0.2, 0) is 10.0 Å². The van der Waals surface area contributed by atoms with Gasteiger partial charge in [0.25, 0.3) is 10.0 Å². The largest absolute Gasteiger partial charge is 0.460 e. The third-order valence-corrected chi connectivity index (χ3v) is 7.23. The average molecular weight is 700 g/mol. The van der Waals surface area contributed by atoms with Gasteiger partial charge in [-0.25, -0.2) is 13.1 Å². The molecule has 0 rings (SSSR count). The Morgan fingerprint density at radius 3 is 1.09 bits per heavy atom. The summed E-state index contributed by atoms with van der Waals surface area (Å²) >= 11 is 0. The van der Waals surface area contributed by atoms with E-state index >= 15 is 0 Å². The maximum atomic E-state index is 13.4. The van der Waals surface area contributed by atoms with E-state index in [2.05, 4.69) is 6.92 Å². The topological polar surface area (TPSA) is 66.4 Å². The predicted octanol–water partition coefficient (Wildman–Crippen LogP) is 8.40. The molecule has 0 aromatic heterocycles. The first-order valence-electron chi connectivity index (χ1n) is 12.3. The van der Waals surface area contributed by atoms with Crippen LogP contribution in [0.25, 0.3) is 0 Å². The molecule has 262 valence electrons. The van der Waals surface area contributed by atoms with Crippen molar-refractivity contribution in [2.24, 2.45) is 0 Å². The van der Waals surface area contributed by atoms with Gasteiger partial charge in [-0.1, -0.05) is 65.2 Å². The molecule has 0 spiro atoms. The fourth-order valence-electron chi connectivity index (χ4n) is 3.02. The van der Waals surface area contributed by atoms with Crippen molar-refractivity contribution in [3.8, 4) is 0 Å². The quantitative estimate of drug-likeness (QED) is 0.112. The van der Waals surface area contributed by atoms with E-state index in [1.165, 1.54) is 51.4 Å². The number of aliphatic hydroxyl groups is 1. The highest BCUT2D eigenvalue weighted by Crippen LogP contribution is 2.64. The van der Waals surface area contributed by atoms with E-state index in [0.717, 1.165) is 6.42 Å². The van der Waals surface area contributed by atoms with Crippen LogP contribution in [0.15, 0.2) is 0 Å². The average Bonchev–Trinajstić information content (AvgIpc) is 2.84. The van der Waals surface area contributed by atoms with Crippen LogP contribution in [0.1, 0.15) is 71.6 Å². The molecular formula is C21H30F17NO3S. The van der Waals surface area contributed by atoms with Crippen LogP contribution in [0, 0.1) is 0 Å². The van der Waals surface area contributed by atoms with Crippen LogP contribution in [0.3, 0.4) is 0 Å². The lowest BCUT2D eigenvalue weighted by Gasteiger charge is -2.42. The van der Waals surface area contributed by atoms with Gasteiger partial charge in [-0.3, -0.25) is 0 Å². The standard InChI is InChI=1S/C11H24O.C10H6F17NO2S/c1-2-3-4-5-6-7-8-9-10-11-12;1-2-28-31(29,30)10(26,27)8(21,22)6(17,18)4(13,14)3(11,12)5(15,16)7(19,20)9(23,24)25/h12H,2-11H2,1H3;28H,2H2,1H3. The lowest BCUT2D eigenvalue weighted by Crippen LogP contribution is -2.75. The van der Waals surface area contributed by atoms with Crippen molar-refractivity contribution in [2.75, 3.05) is 13.2 Å². The minimum Gasteiger partial charge on any atom is -0.396 e. The first-order valence-corrected chi connectivity index (χ1v) is 13.8. The molecule has 0 heterocycles. The first kappa shape index (κ1) is 43.8. The van der Waals surface area contributed by atoms with Crippen molar-refractivity contribution < 1.29 is 88.2 Å². The van der Waals surface area contributed by atoms with Crippen molar-refractivity contribution in [3.63, 3.8) is 0 Å². The number of nitrogens with one attached hydrogen (secondary N) is 1. The van der Waals surface area contributed by atoms with E-state index < -0.39 is 63.5 Å². The fourth-order valence-corrected chi connectivity index (χ4v) is 4.05. The molecule has 0 aromatic carbocycles. The molecule has 0 bridgehead atoms.